The average molecular weight is 440 g/mol. The summed E-state index contributed by atoms with van der Waals surface area (Å²) in [6.07, 6.45) is 1.33. The minimum atomic E-state index is -0.252. The number of hydrogen-bond acceptors (Lipinski definition) is 5. The van der Waals surface area contributed by atoms with Gasteiger partial charge in [0.15, 0.2) is 5.78 Å². The second-order valence-corrected chi connectivity index (χ2v) is 7.86. The Kier molecular flexibility index (Phi) is 6.74. The number of amides is 1. The molecule has 1 amide bonds. The number of ether oxygens (including phenoxy) is 1. The van der Waals surface area contributed by atoms with E-state index in [0.29, 0.717) is 41.1 Å². The molecule has 1 aliphatic rings. The fraction of sp³-hybridized carbons (Fsp3) is 0.185. The molecular weight excluding hydrogens is 416 g/mol. The van der Waals surface area contributed by atoms with Crippen molar-refractivity contribution in [2.75, 3.05) is 12.4 Å². The highest BCUT2D eigenvalue weighted by Gasteiger charge is 2.20. The molecule has 3 aromatic carbocycles. The van der Waals surface area contributed by atoms with Crippen LogP contribution in [-0.2, 0) is 11.2 Å². The van der Waals surface area contributed by atoms with Gasteiger partial charge in [0.05, 0.1) is 18.5 Å². The highest BCUT2D eigenvalue weighted by molar-refractivity contribution is 6.16. The number of benzene rings is 3. The van der Waals surface area contributed by atoms with Crippen LogP contribution in [0.25, 0.3) is 0 Å². The van der Waals surface area contributed by atoms with Gasteiger partial charge in [0, 0.05) is 36.1 Å². The summed E-state index contributed by atoms with van der Waals surface area (Å²) in [6, 6.07) is 21.5. The third kappa shape index (κ3) is 5.41. The van der Waals surface area contributed by atoms with Crippen LogP contribution < -0.4 is 10.1 Å². The number of Topliss-reactive ketones (excluding diaryl/α,β-unsaturated/α-hetero) is 2. The number of carbonyl (C=O) groups excluding carboxylic acids is 3. The van der Waals surface area contributed by atoms with Gasteiger partial charge in [0.1, 0.15) is 11.5 Å². The number of fused-ring (bicyclic) bond motifs is 1. The number of ketones is 2. The van der Waals surface area contributed by atoms with Gasteiger partial charge in [-0.25, -0.2) is 0 Å². The molecule has 0 atom stereocenters. The van der Waals surface area contributed by atoms with E-state index in [0.717, 1.165) is 11.3 Å². The zero-order valence-corrected chi connectivity index (χ0v) is 18.3. The monoisotopic (exact) mass is 440 g/mol. The van der Waals surface area contributed by atoms with Crippen LogP contribution in [0.2, 0.25) is 0 Å². The van der Waals surface area contributed by atoms with Crippen LogP contribution in [0.15, 0.2) is 77.8 Å². The Labute approximate surface area is 192 Å². The van der Waals surface area contributed by atoms with Crippen molar-refractivity contribution in [2.24, 2.45) is 4.99 Å². The predicted octanol–water partition coefficient (Wildman–Crippen LogP) is 5.20. The van der Waals surface area contributed by atoms with Crippen molar-refractivity contribution in [3.63, 3.8) is 0 Å². The molecule has 4 rings (SSSR count). The van der Waals surface area contributed by atoms with Crippen LogP contribution >= 0.6 is 0 Å². The van der Waals surface area contributed by atoms with Crippen molar-refractivity contribution >= 4 is 34.6 Å². The van der Waals surface area contributed by atoms with Crippen molar-refractivity contribution in [3.05, 3.63) is 89.5 Å². The minimum absolute atomic E-state index is 0.0463. The molecule has 0 aliphatic carbocycles. The lowest BCUT2D eigenvalue weighted by Crippen LogP contribution is -2.15. The molecule has 3 aromatic rings. The molecule has 6 heteroatoms. The van der Waals surface area contributed by atoms with Gasteiger partial charge in [0.2, 0.25) is 0 Å². The quantitative estimate of drug-likeness (QED) is 0.522. The molecule has 1 heterocycles. The zero-order valence-electron chi connectivity index (χ0n) is 18.3. The van der Waals surface area contributed by atoms with E-state index in [1.165, 1.54) is 0 Å². The van der Waals surface area contributed by atoms with Crippen molar-refractivity contribution in [3.8, 4) is 5.75 Å². The van der Waals surface area contributed by atoms with Crippen molar-refractivity contribution in [2.45, 2.75) is 25.7 Å². The second kappa shape index (κ2) is 10.0. The van der Waals surface area contributed by atoms with Crippen LogP contribution in [0, 0.1) is 0 Å². The number of aliphatic imine (C=N–C) groups is 1. The highest BCUT2D eigenvalue weighted by atomic mass is 16.5. The minimum Gasteiger partial charge on any atom is -0.495 e. The summed E-state index contributed by atoms with van der Waals surface area (Å²) in [4.78, 5) is 41.8. The molecule has 1 N–H and O–H groups in total. The van der Waals surface area contributed by atoms with Crippen LogP contribution in [0.4, 0.5) is 11.4 Å². The van der Waals surface area contributed by atoms with E-state index in [2.05, 4.69) is 10.3 Å². The van der Waals surface area contributed by atoms with Gasteiger partial charge in [-0.15, -0.1) is 0 Å². The Balaban J connectivity index is 1.32. The number of nitrogens with zero attached hydrogens (tertiary/aromatic N) is 1. The van der Waals surface area contributed by atoms with E-state index in [1.807, 2.05) is 30.3 Å². The van der Waals surface area contributed by atoms with E-state index in [-0.39, 0.29) is 30.3 Å². The molecule has 0 fully saturated rings. The Morgan fingerprint density at radius 3 is 2.48 bits per heavy atom. The summed E-state index contributed by atoms with van der Waals surface area (Å²) in [6.45, 7) is 0. The molecule has 6 nitrogen and oxygen atoms in total. The Hall–Kier alpha value is -4.06. The average Bonchev–Trinajstić information content (AvgIpc) is 2.83. The molecule has 0 radical (unpaired) electrons. The summed E-state index contributed by atoms with van der Waals surface area (Å²) in [5.41, 5.74) is 3.98. The number of hydrogen-bond donors (Lipinski definition) is 1. The summed E-state index contributed by atoms with van der Waals surface area (Å²) >= 11 is 0. The molecule has 0 aromatic heterocycles. The fourth-order valence-electron chi connectivity index (χ4n) is 3.76. The molecule has 166 valence electrons. The summed E-state index contributed by atoms with van der Waals surface area (Å²) in [5.74, 6) is 0.443. The molecule has 0 spiro atoms. The van der Waals surface area contributed by atoms with Crippen molar-refractivity contribution in [1.29, 1.82) is 0 Å². The number of rotatable bonds is 8. The zero-order chi connectivity index (χ0) is 23.2. The SMILES string of the molecule is COc1ccccc1NC(=O)c1ccc(CC(=O)CCC2=Nc3ccccc3C(=O)C2)cc1. The normalized spacial score (nSPS) is 12.5. The number of para-hydroxylation sites is 3. The van der Waals surface area contributed by atoms with E-state index < -0.39 is 0 Å². The molecular formula is C27H24N2O4. The third-order valence-electron chi connectivity index (χ3n) is 5.51. The molecule has 0 saturated heterocycles. The Morgan fingerprint density at radius 1 is 0.970 bits per heavy atom. The van der Waals surface area contributed by atoms with Gasteiger partial charge in [0.25, 0.3) is 5.91 Å². The van der Waals surface area contributed by atoms with Crippen LogP contribution in [0.1, 0.15) is 45.5 Å². The molecule has 0 unspecified atom stereocenters. The first kappa shape index (κ1) is 22.1. The second-order valence-electron chi connectivity index (χ2n) is 7.86. The van der Waals surface area contributed by atoms with Crippen LogP contribution in [0.5, 0.6) is 5.75 Å². The summed E-state index contributed by atoms with van der Waals surface area (Å²) in [5, 5.41) is 2.83. The lowest BCUT2D eigenvalue weighted by atomic mass is 9.96. The maximum absolute atomic E-state index is 12.5. The van der Waals surface area contributed by atoms with Gasteiger partial charge in [-0.05, 0) is 48.4 Å². The van der Waals surface area contributed by atoms with Gasteiger partial charge >= 0.3 is 0 Å². The first-order valence-electron chi connectivity index (χ1n) is 10.8. The molecule has 0 saturated carbocycles. The highest BCUT2D eigenvalue weighted by Crippen LogP contribution is 2.27. The van der Waals surface area contributed by atoms with Crippen LogP contribution in [-0.4, -0.2) is 30.3 Å². The number of nitrogens with one attached hydrogen (secondary N) is 1. The summed E-state index contributed by atoms with van der Waals surface area (Å²) < 4.78 is 5.26. The lowest BCUT2D eigenvalue weighted by Gasteiger charge is -2.14. The Morgan fingerprint density at radius 2 is 1.70 bits per heavy atom. The first-order chi connectivity index (χ1) is 16.0. The smallest absolute Gasteiger partial charge is 0.255 e. The Bertz CT molecular complexity index is 1230. The maximum atomic E-state index is 12.5. The molecule has 0 bridgehead atoms. The van der Waals surface area contributed by atoms with Gasteiger partial charge in [-0.3, -0.25) is 19.4 Å². The number of methoxy groups -OCH3 is 1. The molecule has 33 heavy (non-hydrogen) atoms. The fourth-order valence-corrected chi connectivity index (χ4v) is 3.76. The van der Waals surface area contributed by atoms with Crippen molar-refractivity contribution in [1.82, 2.24) is 0 Å². The maximum Gasteiger partial charge on any atom is 0.255 e. The topological polar surface area (TPSA) is 84.8 Å². The number of carbonyl (C=O) groups is 3. The van der Waals surface area contributed by atoms with E-state index in [9.17, 15) is 14.4 Å². The van der Waals surface area contributed by atoms with Gasteiger partial charge in [-0.1, -0.05) is 36.4 Å². The molecule has 1 aliphatic heterocycles. The lowest BCUT2D eigenvalue weighted by molar-refractivity contribution is -0.118. The third-order valence-corrected chi connectivity index (χ3v) is 5.51. The summed E-state index contributed by atoms with van der Waals surface area (Å²) in [7, 11) is 1.55. The van der Waals surface area contributed by atoms with E-state index in [4.69, 9.17) is 4.74 Å². The van der Waals surface area contributed by atoms with E-state index >= 15 is 0 Å². The predicted molar refractivity (Wildman–Crippen MR) is 128 cm³/mol. The first-order valence-corrected chi connectivity index (χ1v) is 10.8. The number of anilines is 1. The van der Waals surface area contributed by atoms with Crippen molar-refractivity contribution < 1.29 is 19.1 Å². The van der Waals surface area contributed by atoms with Crippen LogP contribution in [0.3, 0.4) is 0 Å². The standard InChI is InChI=1S/C27H24N2O4/c1-33-26-9-5-4-8-24(26)29-27(32)19-12-10-18(11-13-19)16-21(30)15-14-20-17-25(31)22-6-2-3-7-23(22)28-20/h2-13H,14-17H2,1H3,(H,29,32). The van der Waals surface area contributed by atoms with E-state index in [1.54, 1.807) is 49.6 Å². The van der Waals surface area contributed by atoms with Gasteiger partial charge in [-0.2, -0.15) is 0 Å². The largest absolute Gasteiger partial charge is 0.495 e. The van der Waals surface area contributed by atoms with Gasteiger partial charge < -0.3 is 10.1 Å².